The Morgan fingerprint density at radius 2 is 1.91 bits per heavy atom. The van der Waals surface area contributed by atoms with Crippen molar-refractivity contribution in [1.29, 1.82) is 0 Å². The maximum atomic E-state index is 5.85. The quantitative estimate of drug-likeness (QED) is 0.558. The maximum Gasteiger partial charge on any atom is 0.191 e. The molecule has 2 aliphatic rings. The summed E-state index contributed by atoms with van der Waals surface area (Å²) in [5.74, 6) is 1.53. The van der Waals surface area contributed by atoms with Crippen molar-refractivity contribution in [2.24, 2.45) is 10.9 Å². The molecule has 2 rings (SSSR count). The fraction of sp³-hybridized carbons (Fsp3) is 0.938. The average molecular weight is 312 g/mol. The second-order valence-corrected chi connectivity index (χ2v) is 6.62. The van der Waals surface area contributed by atoms with E-state index in [1.807, 2.05) is 0 Å². The van der Waals surface area contributed by atoms with E-state index in [4.69, 9.17) is 9.47 Å². The molecule has 6 heteroatoms. The standard InChI is InChI=1S/C16H32N4O2/c1-13(2)11-20-6-8-22-15(12-20)10-19-16(17-3)18-9-14-5-4-7-21-14/h13-15H,4-12H2,1-3H3,(H2,17,18,19). The van der Waals surface area contributed by atoms with E-state index in [-0.39, 0.29) is 6.10 Å². The Kier molecular flexibility index (Phi) is 7.42. The maximum absolute atomic E-state index is 5.85. The molecule has 0 saturated carbocycles. The van der Waals surface area contributed by atoms with Gasteiger partial charge in [-0.1, -0.05) is 13.8 Å². The van der Waals surface area contributed by atoms with Crippen molar-refractivity contribution in [3.63, 3.8) is 0 Å². The number of nitrogens with zero attached hydrogens (tertiary/aromatic N) is 2. The van der Waals surface area contributed by atoms with E-state index in [2.05, 4.69) is 34.4 Å². The monoisotopic (exact) mass is 312 g/mol. The summed E-state index contributed by atoms with van der Waals surface area (Å²) in [6, 6.07) is 0. The van der Waals surface area contributed by atoms with Crippen molar-refractivity contribution in [2.75, 3.05) is 53.0 Å². The molecule has 2 fully saturated rings. The van der Waals surface area contributed by atoms with Gasteiger partial charge in [-0.05, 0) is 18.8 Å². The second kappa shape index (κ2) is 9.33. The molecule has 2 N–H and O–H groups in total. The Bertz CT molecular complexity index is 343. The molecule has 0 aliphatic carbocycles. The zero-order valence-electron chi connectivity index (χ0n) is 14.3. The molecule has 0 bridgehead atoms. The fourth-order valence-corrected chi connectivity index (χ4v) is 3.03. The lowest BCUT2D eigenvalue weighted by Gasteiger charge is -2.34. The molecule has 2 heterocycles. The molecule has 2 aliphatic heterocycles. The molecule has 2 atom stereocenters. The summed E-state index contributed by atoms with van der Waals surface area (Å²) in [7, 11) is 1.80. The van der Waals surface area contributed by atoms with E-state index in [1.165, 1.54) is 6.42 Å². The van der Waals surface area contributed by atoms with Crippen molar-refractivity contribution < 1.29 is 9.47 Å². The van der Waals surface area contributed by atoms with Crippen LogP contribution in [0, 0.1) is 5.92 Å². The molecule has 2 unspecified atom stereocenters. The van der Waals surface area contributed by atoms with Crippen molar-refractivity contribution in [2.45, 2.75) is 38.9 Å². The minimum Gasteiger partial charge on any atom is -0.376 e. The van der Waals surface area contributed by atoms with E-state index in [0.29, 0.717) is 12.0 Å². The smallest absolute Gasteiger partial charge is 0.191 e. The first kappa shape index (κ1) is 17.5. The first-order valence-corrected chi connectivity index (χ1v) is 8.57. The highest BCUT2D eigenvalue weighted by atomic mass is 16.5. The second-order valence-electron chi connectivity index (χ2n) is 6.62. The average Bonchev–Trinajstić information content (AvgIpc) is 3.00. The molecule has 0 spiro atoms. The Balaban J connectivity index is 1.66. The van der Waals surface area contributed by atoms with Gasteiger partial charge in [0.1, 0.15) is 0 Å². The summed E-state index contributed by atoms with van der Waals surface area (Å²) in [6.07, 6.45) is 2.86. The molecule has 6 nitrogen and oxygen atoms in total. The number of rotatable bonds is 6. The Labute approximate surface area is 134 Å². The molecule has 22 heavy (non-hydrogen) atoms. The topological polar surface area (TPSA) is 58.1 Å². The highest BCUT2D eigenvalue weighted by molar-refractivity contribution is 5.79. The van der Waals surface area contributed by atoms with Crippen LogP contribution in [0.5, 0.6) is 0 Å². The minimum atomic E-state index is 0.230. The van der Waals surface area contributed by atoms with Gasteiger partial charge < -0.3 is 20.1 Å². The van der Waals surface area contributed by atoms with Gasteiger partial charge in [0.2, 0.25) is 0 Å². The summed E-state index contributed by atoms with van der Waals surface area (Å²) in [4.78, 5) is 6.76. The third kappa shape index (κ3) is 6.10. The predicted molar refractivity (Wildman–Crippen MR) is 89.4 cm³/mol. The van der Waals surface area contributed by atoms with Crippen LogP contribution in [-0.4, -0.2) is 76.1 Å². The van der Waals surface area contributed by atoms with Crippen LogP contribution in [0.25, 0.3) is 0 Å². The molecule has 0 radical (unpaired) electrons. The van der Waals surface area contributed by atoms with Crippen LogP contribution in [0.2, 0.25) is 0 Å². The van der Waals surface area contributed by atoms with Gasteiger partial charge in [0.15, 0.2) is 5.96 Å². The molecular formula is C16H32N4O2. The summed E-state index contributed by atoms with van der Waals surface area (Å²) in [5, 5.41) is 6.71. The van der Waals surface area contributed by atoms with Gasteiger partial charge in [0.25, 0.3) is 0 Å². The molecule has 0 amide bonds. The lowest BCUT2D eigenvalue weighted by molar-refractivity contribution is -0.0284. The van der Waals surface area contributed by atoms with Gasteiger partial charge in [-0.3, -0.25) is 9.89 Å². The van der Waals surface area contributed by atoms with Crippen molar-refractivity contribution in [3.05, 3.63) is 0 Å². The van der Waals surface area contributed by atoms with E-state index in [1.54, 1.807) is 7.05 Å². The molecule has 0 aromatic heterocycles. The molecular weight excluding hydrogens is 280 g/mol. The molecule has 0 aromatic carbocycles. The van der Waals surface area contributed by atoms with Gasteiger partial charge >= 0.3 is 0 Å². The molecule has 0 aromatic rings. The van der Waals surface area contributed by atoms with Gasteiger partial charge in [0.05, 0.1) is 18.8 Å². The van der Waals surface area contributed by atoms with Gasteiger partial charge in [0, 0.05) is 46.4 Å². The molecule has 128 valence electrons. The zero-order valence-corrected chi connectivity index (χ0v) is 14.3. The van der Waals surface area contributed by atoms with E-state index >= 15 is 0 Å². The van der Waals surface area contributed by atoms with Crippen molar-refractivity contribution >= 4 is 5.96 Å². The fourth-order valence-electron chi connectivity index (χ4n) is 3.03. The predicted octanol–water partition coefficient (Wildman–Crippen LogP) is 0.687. The number of hydrogen-bond donors (Lipinski definition) is 2. The number of hydrogen-bond acceptors (Lipinski definition) is 4. The Morgan fingerprint density at radius 3 is 2.55 bits per heavy atom. The largest absolute Gasteiger partial charge is 0.376 e. The van der Waals surface area contributed by atoms with Crippen LogP contribution in [0.15, 0.2) is 4.99 Å². The van der Waals surface area contributed by atoms with E-state index in [0.717, 1.165) is 58.3 Å². The number of morpholine rings is 1. The first-order chi connectivity index (χ1) is 10.7. The van der Waals surface area contributed by atoms with Crippen LogP contribution in [0.1, 0.15) is 26.7 Å². The van der Waals surface area contributed by atoms with Crippen LogP contribution < -0.4 is 10.6 Å². The normalized spacial score (nSPS) is 27.4. The third-order valence-corrected chi connectivity index (χ3v) is 4.09. The van der Waals surface area contributed by atoms with Crippen molar-refractivity contribution in [3.8, 4) is 0 Å². The van der Waals surface area contributed by atoms with Crippen LogP contribution >= 0.6 is 0 Å². The van der Waals surface area contributed by atoms with Crippen molar-refractivity contribution in [1.82, 2.24) is 15.5 Å². The Hall–Kier alpha value is -0.850. The van der Waals surface area contributed by atoms with Gasteiger partial charge in [-0.15, -0.1) is 0 Å². The lowest BCUT2D eigenvalue weighted by Crippen LogP contribution is -2.50. The van der Waals surface area contributed by atoms with Crippen LogP contribution in [0.4, 0.5) is 0 Å². The minimum absolute atomic E-state index is 0.230. The number of nitrogens with one attached hydrogen (secondary N) is 2. The lowest BCUT2D eigenvalue weighted by atomic mass is 10.2. The van der Waals surface area contributed by atoms with E-state index in [9.17, 15) is 0 Å². The van der Waals surface area contributed by atoms with Gasteiger partial charge in [-0.25, -0.2) is 0 Å². The highest BCUT2D eigenvalue weighted by Crippen LogP contribution is 2.10. The van der Waals surface area contributed by atoms with E-state index < -0.39 is 0 Å². The highest BCUT2D eigenvalue weighted by Gasteiger charge is 2.21. The zero-order chi connectivity index (χ0) is 15.8. The summed E-state index contributed by atoms with van der Waals surface area (Å²) in [5.41, 5.74) is 0. The number of aliphatic imine (C=N–C) groups is 1. The van der Waals surface area contributed by atoms with Crippen LogP contribution in [-0.2, 0) is 9.47 Å². The summed E-state index contributed by atoms with van der Waals surface area (Å²) in [6.45, 7) is 11.0. The van der Waals surface area contributed by atoms with Crippen LogP contribution in [0.3, 0.4) is 0 Å². The SMILES string of the molecule is CN=C(NCC1CCCO1)NCC1CN(CC(C)C)CCO1. The molecule has 2 saturated heterocycles. The number of ether oxygens (including phenoxy) is 2. The first-order valence-electron chi connectivity index (χ1n) is 8.57. The van der Waals surface area contributed by atoms with Gasteiger partial charge in [-0.2, -0.15) is 0 Å². The number of guanidine groups is 1. The summed E-state index contributed by atoms with van der Waals surface area (Å²) >= 11 is 0. The Morgan fingerprint density at radius 1 is 1.18 bits per heavy atom. The summed E-state index contributed by atoms with van der Waals surface area (Å²) < 4.78 is 11.5. The third-order valence-electron chi connectivity index (χ3n) is 4.09.